The van der Waals surface area contributed by atoms with Crippen molar-refractivity contribution in [3.8, 4) is 0 Å². The van der Waals surface area contributed by atoms with E-state index in [2.05, 4.69) is 42.5 Å². The Bertz CT molecular complexity index is 370. The van der Waals surface area contributed by atoms with Crippen LogP contribution >= 0.6 is 11.3 Å². The lowest BCUT2D eigenvalue weighted by atomic mass is 9.89. The van der Waals surface area contributed by atoms with Crippen molar-refractivity contribution in [1.29, 1.82) is 0 Å². The van der Waals surface area contributed by atoms with Crippen LogP contribution in [0.4, 0.5) is 0 Å². The first-order chi connectivity index (χ1) is 9.05. The summed E-state index contributed by atoms with van der Waals surface area (Å²) < 4.78 is 0. The maximum absolute atomic E-state index is 6.15. The number of nitrogens with zero attached hydrogens (tertiary/aromatic N) is 1. The van der Waals surface area contributed by atoms with Crippen LogP contribution in [0.5, 0.6) is 0 Å². The number of thiophene rings is 1. The molecule has 1 atom stereocenters. The molecule has 0 radical (unpaired) electrons. The quantitative estimate of drug-likeness (QED) is 0.783. The highest BCUT2D eigenvalue weighted by Gasteiger charge is 2.40. The average Bonchev–Trinajstić information content (AvgIpc) is 3.10. The van der Waals surface area contributed by atoms with E-state index in [0.29, 0.717) is 0 Å². The normalized spacial score (nSPS) is 19.1. The van der Waals surface area contributed by atoms with Crippen molar-refractivity contribution < 1.29 is 0 Å². The van der Waals surface area contributed by atoms with Crippen LogP contribution in [0, 0.1) is 5.92 Å². The lowest BCUT2D eigenvalue weighted by Crippen LogP contribution is -2.52. The SMILES string of the molecule is CC(C)CCC(C)(CN)N(Cc1ccsc1)C1CC1. The van der Waals surface area contributed by atoms with Gasteiger partial charge in [0, 0.05) is 24.7 Å². The van der Waals surface area contributed by atoms with Crippen LogP contribution < -0.4 is 5.73 Å². The van der Waals surface area contributed by atoms with Crippen LogP contribution in [-0.4, -0.2) is 23.0 Å². The monoisotopic (exact) mass is 280 g/mol. The Morgan fingerprint density at radius 3 is 2.68 bits per heavy atom. The first-order valence-corrected chi connectivity index (χ1v) is 8.47. The van der Waals surface area contributed by atoms with Gasteiger partial charge in [-0.2, -0.15) is 11.3 Å². The lowest BCUT2D eigenvalue weighted by Gasteiger charge is -2.41. The minimum absolute atomic E-state index is 0.160. The van der Waals surface area contributed by atoms with E-state index in [4.69, 9.17) is 5.73 Å². The minimum atomic E-state index is 0.160. The summed E-state index contributed by atoms with van der Waals surface area (Å²) in [4.78, 5) is 2.68. The van der Waals surface area contributed by atoms with Gasteiger partial charge in [-0.3, -0.25) is 4.90 Å². The summed E-state index contributed by atoms with van der Waals surface area (Å²) in [6, 6.07) is 3.01. The van der Waals surface area contributed by atoms with E-state index in [1.165, 1.54) is 31.2 Å². The molecular formula is C16H28N2S. The molecule has 0 spiro atoms. The summed E-state index contributed by atoms with van der Waals surface area (Å²) in [7, 11) is 0. The molecule has 1 saturated carbocycles. The maximum atomic E-state index is 6.15. The van der Waals surface area contributed by atoms with E-state index in [-0.39, 0.29) is 5.54 Å². The van der Waals surface area contributed by atoms with Crippen LogP contribution in [0.15, 0.2) is 16.8 Å². The topological polar surface area (TPSA) is 29.3 Å². The predicted molar refractivity (Wildman–Crippen MR) is 84.4 cm³/mol. The molecule has 0 aromatic carbocycles. The Morgan fingerprint density at radius 2 is 2.21 bits per heavy atom. The molecule has 2 nitrogen and oxygen atoms in total. The van der Waals surface area contributed by atoms with Crippen molar-refractivity contribution in [2.24, 2.45) is 11.7 Å². The van der Waals surface area contributed by atoms with E-state index in [0.717, 1.165) is 25.0 Å². The Kier molecular flexibility index (Phi) is 5.04. The van der Waals surface area contributed by atoms with E-state index < -0.39 is 0 Å². The average molecular weight is 280 g/mol. The summed E-state index contributed by atoms with van der Waals surface area (Å²) in [5, 5.41) is 4.45. The third-order valence-corrected chi connectivity index (χ3v) is 5.05. The molecule has 0 bridgehead atoms. The number of nitrogens with two attached hydrogens (primary N) is 1. The van der Waals surface area contributed by atoms with Gasteiger partial charge in [0.25, 0.3) is 0 Å². The summed E-state index contributed by atoms with van der Waals surface area (Å²) in [5.41, 5.74) is 7.76. The van der Waals surface area contributed by atoms with E-state index in [9.17, 15) is 0 Å². The summed E-state index contributed by atoms with van der Waals surface area (Å²) >= 11 is 1.79. The molecule has 108 valence electrons. The fourth-order valence-electron chi connectivity index (χ4n) is 2.69. The summed E-state index contributed by atoms with van der Waals surface area (Å²) in [6.07, 6.45) is 5.17. The summed E-state index contributed by atoms with van der Waals surface area (Å²) in [5.74, 6) is 0.757. The molecule has 0 saturated heterocycles. The molecule has 19 heavy (non-hydrogen) atoms. The summed E-state index contributed by atoms with van der Waals surface area (Å²) in [6.45, 7) is 8.80. The predicted octanol–water partition coefficient (Wildman–Crippen LogP) is 3.87. The molecule has 1 aliphatic carbocycles. The largest absolute Gasteiger partial charge is 0.329 e. The van der Waals surface area contributed by atoms with Crippen molar-refractivity contribution >= 4 is 11.3 Å². The molecule has 1 unspecified atom stereocenters. The second kappa shape index (κ2) is 6.38. The smallest absolute Gasteiger partial charge is 0.0310 e. The molecule has 0 aliphatic heterocycles. The second-order valence-electron chi connectivity index (χ2n) is 6.62. The van der Waals surface area contributed by atoms with Crippen molar-refractivity contribution in [1.82, 2.24) is 4.90 Å². The zero-order chi connectivity index (χ0) is 13.9. The fraction of sp³-hybridized carbons (Fsp3) is 0.750. The Balaban J connectivity index is 2.06. The molecule has 1 aromatic rings. The third kappa shape index (κ3) is 4.04. The fourth-order valence-corrected chi connectivity index (χ4v) is 3.35. The van der Waals surface area contributed by atoms with Crippen LogP contribution in [0.3, 0.4) is 0 Å². The molecule has 1 heterocycles. The lowest BCUT2D eigenvalue weighted by molar-refractivity contribution is 0.0785. The standard InChI is InChI=1S/C16H28N2S/c1-13(2)6-8-16(3,12-17)18(15-4-5-15)10-14-7-9-19-11-14/h7,9,11,13,15H,4-6,8,10,12,17H2,1-3H3. The van der Waals surface area contributed by atoms with Gasteiger partial charge in [0.1, 0.15) is 0 Å². The molecular weight excluding hydrogens is 252 g/mol. The number of hydrogen-bond acceptors (Lipinski definition) is 3. The zero-order valence-electron chi connectivity index (χ0n) is 12.6. The Labute approximate surface area is 122 Å². The van der Waals surface area contributed by atoms with Crippen LogP contribution in [0.25, 0.3) is 0 Å². The van der Waals surface area contributed by atoms with Gasteiger partial charge in [0.05, 0.1) is 0 Å². The van der Waals surface area contributed by atoms with Crippen LogP contribution in [0.1, 0.15) is 52.0 Å². The Hall–Kier alpha value is -0.380. The minimum Gasteiger partial charge on any atom is -0.329 e. The molecule has 3 heteroatoms. The van der Waals surface area contributed by atoms with E-state index in [1.54, 1.807) is 11.3 Å². The molecule has 2 N–H and O–H groups in total. The van der Waals surface area contributed by atoms with Gasteiger partial charge in [0.2, 0.25) is 0 Å². The second-order valence-corrected chi connectivity index (χ2v) is 7.40. The molecule has 2 rings (SSSR count). The van der Waals surface area contributed by atoms with E-state index in [1.807, 2.05) is 0 Å². The van der Waals surface area contributed by atoms with Crippen LogP contribution in [0.2, 0.25) is 0 Å². The van der Waals surface area contributed by atoms with Crippen LogP contribution in [-0.2, 0) is 6.54 Å². The zero-order valence-corrected chi connectivity index (χ0v) is 13.4. The van der Waals surface area contributed by atoms with Gasteiger partial charge in [-0.25, -0.2) is 0 Å². The number of hydrogen-bond donors (Lipinski definition) is 1. The van der Waals surface area contributed by atoms with Crippen molar-refractivity contribution in [3.63, 3.8) is 0 Å². The highest BCUT2D eigenvalue weighted by atomic mass is 32.1. The first kappa shape index (κ1) is 15.0. The number of rotatable bonds is 8. The van der Waals surface area contributed by atoms with Gasteiger partial charge >= 0.3 is 0 Å². The highest BCUT2D eigenvalue weighted by Crippen LogP contribution is 2.36. The maximum Gasteiger partial charge on any atom is 0.0310 e. The van der Waals surface area contributed by atoms with Gasteiger partial charge in [-0.05, 0) is 60.9 Å². The molecule has 0 amide bonds. The van der Waals surface area contributed by atoms with Crippen molar-refractivity contribution in [2.75, 3.05) is 6.54 Å². The Morgan fingerprint density at radius 1 is 1.47 bits per heavy atom. The first-order valence-electron chi connectivity index (χ1n) is 7.53. The van der Waals surface area contributed by atoms with Gasteiger partial charge in [0.15, 0.2) is 0 Å². The van der Waals surface area contributed by atoms with Gasteiger partial charge in [-0.15, -0.1) is 0 Å². The molecule has 1 aliphatic rings. The molecule has 1 fully saturated rings. The van der Waals surface area contributed by atoms with E-state index >= 15 is 0 Å². The highest BCUT2D eigenvalue weighted by molar-refractivity contribution is 7.07. The third-order valence-electron chi connectivity index (χ3n) is 4.31. The van der Waals surface area contributed by atoms with Gasteiger partial charge < -0.3 is 5.73 Å². The van der Waals surface area contributed by atoms with Crippen molar-refractivity contribution in [3.05, 3.63) is 22.4 Å². The molecule has 1 aromatic heterocycles. The van der Waals surface area contributed by atoms with Gasteiger partial charge in [-0.1, -0.05) is 13.8 Å². The van der Waals surface area contributed by atoms with Crippen molar-refractivity contribution in [2.45, 2.75) is 64.6 Å².